The van der Waals surface area contributed by atoms with Crippen LogP contribution in [0.1, 0.15) is 13.3 Å². The van der Waals surface area contributed by atoms with Crippen LogP contribution in [0.5, 0.6) is 5.88 Å². The summed E-state index contributed by atoms with van der Waals surface area (Å²) in [5.74, 6) is 0.688. The predicted molar refractivity (Wildman–Crippen MR) is 103 cm³/mol. The molecular formula is C19H23N5O3. The van der Waals surface area contributed by atoms with Crippen molar-refractivity contribution in [1.29, 1.82) is 0 Å². The highest BCUT2D eigenvalue weighted by atomic mass is 16.5. The third-order valence-electron chi connectivity index (χ3n) is 4.80. The molecule has 0 aliphatic carbocycles. The lowest BCUT2D eigenvalue weighted by molar-refractivity contribution is -0.132. The van der Waals surface area contributed by atoms with E-state index in [1.165, 1.54) is 19.5 Å². The fraction of sp³-hybridized carbons (Fsp3) is 0.368. The molecule has 2 N–H and O–H groups in total. The molecule has 142 valence electrons. The van der Waals surface area contributed by atoms with Crippen molar-refractivity contribution in [3.63, 3.8) is 0 Å². The molecule has 0 radical (unpaired) electrons. The zero-order valence-corrected chi connectivity index (χ0v) is 15.4. The molecule has 1 amide bonds. The van der Waals surface area contributed by atoms with Crippen molar-refractivity contribution < 1.29 is 9.53 Å². The smallest absolute Gasteiger partial charge is 0.271 e. The normalized spacial score (nSPS) is 15.0. The van der Waals surface area contributed by atoms with Crippen LogP contribution in [0, 0.1) is 5.92 Å². The molecule has 0 spiro atoms. The quantitative estimate of drug-likeness (QED) is 0.720. The van der Waals surface area contributed by atoms with Gasteiger partial charge in [-0.15, -0.1) is 0 Å². The molecule has 1 aliphatic rings. The summed E-state index contributed by atoms with van der Waals surface area (Å²) < 4.78 is 5.13. The molecule has 27 heavy (non-hydrogen) atoms. The van der Waals surface area contributed by atoms with Crippen LogP contribution in [0.3, 0.4) is 0 Å². The number of anilines is 1. The van der Waals surface area contributed by atoms with E-state index in [0.29, 0.717) is 36.3 Å². The predicted octanol–water partition coefficient (Wildman–Crippen LogP) is 1.68. The molecule has 1 aliphatic heterocycles. The van der Waals surface area contributed by atoms with Crippen molar-refractivity contribution >= 4 is 11.6 Å². The maximum absolute atomic E-state index is 12.3. The van der Waals surface area contributed by atoms with Crippen LogP contribution in [-0.4, -0.2) is 52.0 Å². The van der Waals surface area contributed by atoms with Crippen molar-refractivity contribution in [2.24, 2.45) is 5.92 Å². The number of carbonyl (C=O) groups excluding carboxylic acids is 1. The second-order valence-corrected chi connectivity index (χ2v) is 6.44. The van der Waals surface area contributed by atoms with E-state index in [0.717, 1.165) is 12.0 Å². The maximum atomic E-state index is 12.3. The minimum Gasteiger partial charge on any atom is -0.481 e. The maximum Gasteiger partial charge on any atom is 0.271 e. The molecule has 2 aromatic rings. The Labute approximate surface area is 157 Å². The van der Waals surface area contributed by atoms with Gasteiger partial charge in [0, 0.05) is 42.9 Å². The van der Waals surface area contributed by atoms with E-state index in [4.69, 9.17) is 4.74 Å². The van der Waals surface area contributed by atoms with Gasteiger partial charge < -0.3 is 19.9 Å². The molecule has 0 saturated carbocycles. The molecule has 3 rings (SSSR count). The summed E-state index contributed by atoms with van der Waals surface area (Å²) in [6, 6.07) is 3.57. The summed E-state index contributed by atoms with van der Waals surface area (Å²) in [5.41, 5.74) is 1.69. The zero-order chi connectivity index (χ0) is 19.4. The fourth-order valence-electron chi connectivity index (χ4n) is 3.18. The first-order valence-electron chi connectivity index (χ1n) is 8.82. The lowest BCUT2D eigenvalue weighted by Crippen LogP contribution is -2.55. The Morgan fingerprint density at radius 1 is 1.48 bits per heavy atom. The summed E-state index contributed by atoms with van der Waals surface area (Å²) in [6.07, 6.45) is 5.20. The summed E-state index contributed by atoms with van der Waals surface area (Å²) in [7, 11) is 1.54. The van der Waals surface area contributed by atoms with Crippen LogP contribution in [0.4, 0.5) is 5.69 Å². The Bertz CT molecular complexity index is 889. The van der Waals surface area contributed by atoms with Crippen molar-refractivity contribution in [3.05, 3.63) is 47.7 Å². The number of pyridine rings is 1. The number of H-pyrrole nitrogens is 1. The fourth-order valence-corrected chi connectivity index (χ4v) is 3.18. The second-order valence-electron chi connectivity index (χ2n) is 6.44. The zero-order valence-electron chi connectivity index (χ0n) is 15.4. The first kappa shape index (κ1) is 18.6. The third kappa shape index (κ3) is 3.99. The van der Waals surface area contributed by atoms with Crippen LogP contribution < -0.4 is 15.6 Å². The third-order valence-corrected chi connectivity index (χ3v) is 4.80. The van der Waals surface area contributed by atoms with Gasteiger partial charge in [0.05, 0.1) is 12.8 Å². The number of ether oxygens (including phenoxy) is 1. The monoisotopic (exact) mass is 369 g/mol. The van der Waals surface area contributed by atoms with Crippen LogP contribution in [0.2, 0.25) is 0 Å². The number of hydrogen-bond acceptors (Lipinski definition) is 6. The molecular weight excluding hydrogens is 346 g/mol. The van der Waals surface area contributed by atoms with Crippen LogP contribution in [0.15, 0.2) is 42.1 Å². The Hall–Kier alpha value is -3.16. The van der Waals surface area contributed by atoms with E-state index < -0.39 is 0 Å². The number of methoxy groups -OCH3 is 1. The number of likely N-dealkylation sites (tertiary alicyclic amines) is 1. The second kappa shape index (κ2) is 8.03. The SMILES string of the molecule is C=CC(=O)N1CC(C(CC)Nc2cc(-c3cc(OC)ncn3)c[nH]c2=O)C1. The van der Waals surface area contributed by atoms with Gasteiger partial charge in [0.2, 0.25) is 11.8 Å². The lowest BCUT2D eigenvalue weighted by Gasteiger charge is -2.43. The van der Waals surface area contributed by atoms with E-state index in [1.54, 1.807) is 23.2 Å². The van der Waals surface area contributed by atoms with E-state index in [9.17, 15) is 9.59 Å². The number of amides is 1. The Balaban J connectivity index is 1.77. The van der Waals surface area contributed by atoms with Gasteiger partial charge in [-0.1, -0.05) is 13.5 Å². The first-order valence-corrected chi connectivity index (χ1v) is 8.82. The minimum atomic E-state index is -0.198. The topological polar surface area (TPSA) is 100 Å². The molecule has 8 heteroatoms. The summed E-state index contributed by atoms with van der Waals surface area (Å²) in [5, 5.41) is 3.33. The number of nitrogens with zero attached hydrogens (tertiary/aromatic N) is 3. The number of nitrogens with one attached hydrogen (secondary N) is 2. The number of carbonyl (C=O) groups is 1. The first-order chi connectivity index (χ1) is 13.0. The highest BCUT2D eigenvalue weighted by Crippen LogP contribution is 2.25. The van der Waals surface area contributed by atoms with Crippen LogP contribution in [-0.2, 0) is 4.79 Å². The molecule has 1 saturated heterocycles. The van der Waals surface area contributed by atoms with Gasteiger partial charge in [-0.05, 0) is 18.6 Å². The summed E-state index contributed by atoms with van der Waals surface area (Å²) in [4.78, 5) is 36.6. The van der Waals surface area contributed by atoms with E-state index >= 15 is 0 Å². The van der Waals surface area contributed by atoms with Gasteiger partial charge in [0.15, 0.2) is 0 Å². The standard InChI is InChI=1S/C19H23N5O3/c1-4-14(13-9-24(10-13)18(25)5-2)23-16-6-12(8-20-19(16)26)15-7-17(27-3)22-11-21-15/h5-8,11,13-14,23H,2,4,9-10H2,1,3H3,(H,20,26). The van der Waals surface area contributed by atoms with Crippen LogP contribution >= 0.6 is 0 Å². The Morgan fingerprint density at radius 2 is 2.26 bits per heavy atom. The van der Waals surface area contributed by atoms with Gasteiger partial charge >= 0.3 is 0 Å². The molecule has 2 aromatic heterocycles. The Morgan fingerprint density at radius 3 is 2.93 bits per heavy atom. The van der Waals surface area contributed by atoms with Crippen molar-refractivity contribution in [2.75, 3.05) is 25.5 Å². The molecule has 1 unspecified atom stereocenters. The van der Waals surface area contributed by atoms with Gasteiger partial charge in [0.1, 0.15) is 12.0 Å². The summed E-state index contributed by atoms with van der Waals surface area (Å²) >= 11 is 0. The average molecular weight is 369 g/mol. The van der Waals surface area contributed by atoms with Gasteiger partial charge in [-0.25, -0.2) is 9.97 Å². The number of aromatic nitrogens is 3. The van der Waals surface area contributed by atoms with E-state index in [-0.39, 0.29) is 17.5 Å². The number of aromatic amines is 1. The number of rotatable bonds is 7. The van der Waals surface area contributed by atoms with Gasteiger partial charge in [-0.2, -0.15) is 0 Å². The van der Waals surface area contributed by atoms with Crippen molar-refractivity contribution in [2.45, 2.75) is 19.4 Å². The van der Waals surface area contributed by atoms with Crippen molar-refractivity contribution in [1.82, 2.24) is 19.9 Å². The molecule has 0 bridgehead atoms. The average Bonchev–Trinajstić information content (AvgIpc) is 2.67. The minimum absolute atomic E-state index is 0.0568. The van der Waals surface area contributed by atoms with Gasteiger partial charge in [0.25, 0.3) is 5.56 Å². The van der Waals surface area contributed by atoms with E-state index in [1.807, 2.05) is 0 Å². The lowest BCUT2D eigenvalue weighted by atomic mass is 9.89. The van der Waals surface area contributed by atoms with Crippen LogP contribution in [0.25, 0.3) is 11.3 Å². The van der Waals surface area contributed by atoms with Crippen molar-refractivity contribution in [3.8, 4) is 17.1 Å². The summed E-state index contributed by atoms with van der Waals surface area (Å²) in [6.45, 7) is 6.90. The largest absolute Gasteiger partial charge is 0.481 e. The highest BCUT2D eigenvalue weighted by Gasteiger charge is 2.34. The highest BCUT2D eigenvalue weighted by molar-refractivity contribution is 5.87. The Kier molecular flexibility index (Phi) is 5.54. The molecule has 1 fully saturated rings. The number of hydrogen-bond donors (Lipinski definition) is 2. The molecule has 1 atom stereocenters. The molecule has 8 nitrogen and oxygen atoms in total. The molecule has 0 aromatic carbocycles. The van der Waals surface area contributed by atoms with E-state index in [2.05, 4.69) is 33.8 Å². The van der Waals surface area contributed by atoms with Gasteiger partial charge in [-0.3, -0.25) is 9.59 Å². The molecule has 3 heterocycles.